The second kappa shape index (κ2) is 7.76. The van der Waals surface area contributed by atoms with Crippen molar-refractivity contribution in [2.24, 2.45) is 0 Å². The van der Waals surface area contributed by atoms with Gasteiger partial charge in [-0.1, -0.05) is 13.3 Å². The smallest absolute Gasteiger partial charge is 0.410 e. The van der Waals surface area contributed by atoms with Crippen LogP contribution in [0.1, 0.15) is 50.8 Å². The Kier molecular flexibility index (Phi) is 5.93. The Morgan fingerprint density at radius 2 is 2.00 bits per heavy atom. The van der Waals surface area contributed by atoms with E-state index in [0.717, 1.165) is 29.5 Å². The third kappa shape index (κ3) is 5.37. The number of benzene rings is 1. The molecular formula is C19H27NO5. The molecule has 0 aromatic heterocycles. The molecule has 1 aliphatic heterocycles. The minimum absolute atomic E-state index is 0.299. The summed E-state index contributed by atoms with van der Waals surface area (Å²) >= 11 is 0. The number of carbonyl (C=O) groups is 2. The van der Waals surface area contributed by atoms with Gasteiger partial charge in [-0.05, 0) is 62.4 Å². The number of amides is 1. The Bertz CT molecular complexity index is 648. The highest BCUT2D eigenvalue weighted by molar-refractivity contribution is 5.69. The molecule has 0 fully saturated rings. The zero-order chi connectivity index (χ0) is 18.6. The first-order chi connectivity index (χ1) is 11.7. The van der Waals surface area contributed by atoms with Crippen LogP contribution < -0.4 is 4.74 Å². The van der Waals surface area contributed by atoms with Crippen LogP contribution in [0.25, 0.3) is 0 Å². The minimum Gasteiger partial charge on any atom is -0.482 e. The number of ether oxygens (including phenoxy) is 2. The molecule has 2 rings (SSSR count). The summed E-state index contributed by atoms with van der Waals surface area (Å²) in [6.45, 7) is 8.40. The van der Waals surface area contributed by atoms with Gasteiger partial charge in [-0.15, -0.1) is 0 Å². The average Bonchev–Trinajstić information content (AvgIpc) is 2.51. The Balaban J connectivity index is 2.22. The summed E-state index contributed by atoms with van der Waals surface area (Å²) in [5, 5.41) is 8.79. The monoisotopic (exact) mass is 349 g/mol. The molecule has 1 heterocycles. The van der Waals surface area contributed by atoms with Crippen LogP contribution in [0.5, 0.6) is 5.75 Å². The van der Waals surface area contributed by atoms with E-state index in [1.165, 1.54) is 0 Å². The van der Waals surface area contributed by atoms with Gasteiger partial charge in [0.2, 0.25) is 0 Å². The average molecular weight is 349 g/mol. The van der Waals surface area contributed by atoms with E-state index in [-0.39, 0.29) is 12.7 Å². The molecule has 0 saturated heterocycles. The molecule has 6 heteroatoms. The van der Waals surface area contributed by atoms with Crippen molar-refractivity contribution in [1.29, 1.82) is 0 Å². The largest absolute Gasteiger partial charge is 0.482 e. The van der Waals surface area contributed by atoms with Gasteiger partial charge in [0.25, 0.3) is 0 Å². The zero-order valence-corrected chi connectivity index (χ0v) is 15.4. The van der Waals surface area contributed by atoms with Crippen molar-refractivity contribution < 1.29 is 24.2 Å². The second-order valence-electron chi connectivity index (χ2n) is 7.30. The van der Waals surface area contributed by atoms with Crippen LogP contribution >= 0.6 is 0 Å². The van der Waals surface area contributed by atoms with Crippen LogP contribution in [-0.2, 0) is 28.9 Å². The van der Waals surface area contributed by atoms with E-state index in [0.29, 0.717) is 25.3 Å². The second-order valence-corrected chi connectivity index (χ2v) is 7.30. The first-order valence-electron chi connectivity index (χ1n) is 8.66. The van der Waals surface area contributed by atoms with Crippen molar-refractivity contribution in [3.05, 3.63) is 28.8 Å². The molecule has 1 aliphatic rings. The lowest BCUT2D eigenvalue weighted by atomic mass is 9.92. The summed E-state index contributed by atoms with van der Waals surface area (Å²) < 4.78 is 10.8. The first-order valence-corrected chi connectivity index (χ1v) is 8.66. The van der Waals surface area contributed by atoms with Crippen LogP contribution in [0.2, 0.25) is 0 Å². The molecule has 1 aromatic carbocycles. The van der Waals surface area contributed by atoms with E-state index in [1.807, 2.05) is 32.9 Å². The molecule has 0 atom stereocenters. The van der Waals surface area contributed by atoms with Crippen molar-refractivity contribution in [2.45, 2.75) is 59.1 Å². The molecule has 0 bridgehead atoms. The molecule has 0 aliphatic carbocycles. The summed E-state index contributed by atoms with van der Waals surface area (Å²) in [5.41, 5.74) is 2.83. The molecule has 6 nitrogen and oxygen atoms in total. The first kappa shape index (κ1) is 19.1. The number of rotatable bonds is 5. The van der Waals surface area contributed by atoms with Crippen LogP contribution in [0, 0.1) is 0 Å². The maximum Gasteiger partial charge on any atom is 0.410 e. The normalized spacial score (nSPS) is 14.0. The summed E-state index contributed by atoms with van der Waals surface area (Å²) in [7, 11) is 0. The highest BCUT2D eigenvalue weighted by atomic mass is 16.6. The number of hydrogen-bond acceptors (Lipinski definition) is 4. The fourth-order valence-electron chi connectivity index (χ4n) is 2.92. The third-order valence-electron chi connectivity index (χ3n) is 3.94. The lowest BCUT2D eigenvalue weighted by Gasteiger charge is -2.32. The number of carbonyl (C=O) groups excluding carboxylic acids is 1. The molecule has 0 unspecified atom stereocenters. The number of aliphatic carboxylic acids is 1. The number of carboxylic acid groups (broad SMARTS) is 1. The number of nitrogens with zero attached hydrogens (tertiary/aromatic N) is 1. The van der Waals surface area contributed by atoms with Gasteiger partial charge in [0.1, 0.15) is 11.4 Å². The fourth-order valence-corrected chi connectivity index (χ4v) is 2.92. The number of hydrogen-bond donors (Lipinski definition) is 1. The van der Waals surface area contributed by atoms with Gasteiger partial charge in [-0.3, -0.25) is 0 Å². The van der Waals surface area contributed by atoms with Gasteiger partial charge in [-0.25, -0.2) is 9.59 Å². The topological polar surface area (TPSA) is 76.1 Å². The maximum absolute atomic E-state index is 12.4. The summed E-state index contributed by atoms with van der Waals surface area (Å²) in [6.07, 6.45) is 2.22. The van der Waals surface area contributed by atoms with Crippen LogP contribution in [0.15, 0.2) is 12.1 Å². The predicted molar refractivity (Wildman–Crippen MR) is 93.9 cm³/mol. The van der Waals surface area contributed by atoms with E-state index in [4.69, 9.17) is 14.6 Å². The van der Waals surface area contributed by atoms with Gasteiger partial charge in [-0.2, -0.15) is 0 Å². The fraction of sp³-hybridized carbons (Fsp3) is 0.579. The Labute approximate surface area is 148 Å². The molecule has 138 valence electrons. The third-order valence-corrected chi connectivity index (χ3v) is 3.94. The van der Waals surface area contributed by atoms with Gasteiger partial charge in [0.05, 0.1) is 0 Å². The van der Waals surface area contributed by atoms with Crippen molar-refractivity contribution in [1.82, 2.24) is 4.90 Å². The highest BCUT2D eigenvalue weighted by Gasteiger charge is 2.27. The molecule has 0 radical (unpaired) electrons. The number of aryl methyl sites for hydroxylation is 1. The van der Waals surface area contributed by atoms with Crippen molar-refractivity contribution in [3.8, 4) is 5.75 Å². The molecule has 0 saturated carbocycles. The molecule has 25 heavy (non-hydrogen) atoms. The Morgan fingerprint density at radius 1 is 1.28 bits per heavy atom. The lowest BCUT2D eigenvalue weighted by Crippen LogP contribution is -2.40. The van der Waals surface area contributed by atoms with Crippen LogP contribution in [-0.4, -0.2) is 40.8 Å². The molecule has 0 spiro atoms. The van der Waals surface area contributed by atoms with Crippen molar-refractivity contribution in [2.75, 3.05) is 13.2 Å². The highest BCUT2D eigenvalue weighted by Crippen LogP contribution is 2.29. The van der Waals surface area contributed by atoms with Crippen molar-refractivity contribution >= 4 is 12.1 Å². The van der Waals surface area contributed by atoms with Crippen molar-refractivity contribution in [3.63, 3.8) is 0 Å². The standard InChI is InChI=1S/C19H27NO5/c1-5-6-13-9-15(24-12-17(21)22)10-14-7-8-20(11-16(13)14)18(23)25-19(2,3)4/h9-10H,5-8,11-12H2,1-4H3,(H,21,22). The molecular weight excluding hydrogens is 322 g/mol. The summed E-state index contributed by atoms with van der Waals surface area (Å²) in [6, 6.07) is 3.79. The zero-order valence-electron chi connectivity index (χ0n) is 15.4. The van der Waals surface area contributed by atoms with E-state index in [1.54, 1.807) is 4.90 Å². The summed E-state index contributed by atoms with van der Waals surface area (Å²) in [4.78, 5) is 24.8. The van der Waals surface area contributed by atoms with Gasteiger partial charge in [0.15, 0.2) is 6.61 Å². The number of fused-ring (bicyclic) bond motifs is 1. The van der Waals surface area contributed by atoms with E-state index in [9.17, 15) is 9.59 Å². The van der Waals surface area contributed by atoms with E-state index < -0.39 is 11.6 Å². The van der Waals surface area contributed by atoms with Crippen LogP contribution in [0.3, 0.4) is 0 Å². The van der Waals surface area contributed by atoms with Gasteiger partial charge in [0, 0.05) is 13.1 Å². The van der Waals surface area contributed by atoms with E-state index in [2.05, 4.69) is 6.92 Å². The maximum atomic E-state index is 12.4. The SMILES string of the molecule is CCCc1cc(OCC(=O)O)cc2c1CN(C(=O)OC(C)(C)C)CC2. The number of carboxylic acids is 1. The van der Waals surface area contributed by atoms with E-state index >= 15 is 0 Å². The lowest BCUT2D eigenvalue weighted by molar-refractivity contribution is -0.139. The summed E-state index contributed by atoms with van der Waals surface area (Å²) in [5.74, 6) is -0.416. The van der Waals surface area contributed by atoms with Gasteiger partial charge >= 0.3 is 12.1 Å². The molecule has 1 N–H and O–H groups in total. The predicted octanol–water partition coefficient (Wildman–Crippen LogP) is 3.40. The van der Waals surface area contributed by atoms with Gasteiger partial charge < -0.3 is 19.5 Å². The molecule has 1 amide bonds. The molecule has 1 aromatic rings. The minimum atomic E-state index is -0.995. The quantitative estimate of drug-likeness (QED) is 0.882. The van der Waals surface area contributed by atoms with Crippen LogP contribution in [0.4, 0.5) is 4.79 Å². The Morgan fingerprint density at radius 3 is 2.60 bits per heavy atom. The Hall–Kier alpha value is -2.24.